The molecule has 0 radical (unpaired) electrons. The number of hydrogen-bond acceptors (Lipinski definition) is 2. The summed E-state index contributed by atoms with van der Waals surface area (Å²) in [5.41, 5.74) is -0.130. The first-order valence-corrected chi connectivity index (χ1v) is 6.14. The molecule has 82 valence electrons. The van der Waals surface area contributed by atoms with E-state index >= 15 is 0 Å². The number of fused-ring (bicyclic) bond motifs is 1. The van der Waals surface area contributed by atoms with Gasteiger partial charge in [-0.3, -0.25) is 4.79 Å². The topological polar surface area (TPSA) is 70.2 Å². The lowest BCUT2D eigenvalue weighted by Gasteiger charge is -1.99. The summed E-state index contributed by atoms with van der Waals surface area (Å²) in [5.74, 6) is 0. The van der Waals surface area contributed by atoms with Gasteiger partial charge in [-0.05, 0) is 16.7 Å². The molecule has 1 aromatic carbocycles. The second-order valence-corrected chi connectivity index (χ2v) is 4.95. The lowest BCUT2D eigenvalue weighted by molar-refractivity contribution is 0.513. The van der Waals surface area contributed by atoms with Gasteiger partial charge in [0.1, 0.15) is 0 Å². The molecule has 4 nitrogen and oxygen atoms in total. The zero-order valence-electron chi connectivity index (χ0n) is 7.70. The summed E-state index contributed by atoms with van der Waals surface area (Å²) < 4.78 is 10.9. The fraction of sp³-hybridized carbons (Fsp3) is 0. The van der Waals surface area contributed by atoms with Gasteiger partial charge in [-0.2, -0.15) is 4.89 Å². The molecule has 0 amide bonds. The maximum atomic E-state index is 11.4. The van der Waals surface area contributed by atoms with Crippen molar-refractivity contribution in [1.29, 1.82) is 0 Å². The van der Waals surface area contributed by atoms with E-state index in [1.54, 1.807) is 0 Å². The number of halogens is 2. The number of aromatic nitrogens is 1. The highest BCUT2D eigenvalue weighted by atomic mass is 35.5. The van der Waals surface area contributed by atoms with Crippen LogP contribution in [0.2, 0.25) is 10.0 Å². The minimum Gasteiger partial charge on any atom is -0.318 e. The lowest BCUT2D eigenvalue weighted by Crippen LogP contribution is -2.23. The van der Waals surface area contributed by atoms with Crippen molar-refractivity contribution in [3.8, 4) is 0 Å². The predicted molar refractivity (Wildman–Crippen MR) is 64.0 cm³/mol. The molecule has 1 aromatic heterocycles. The van der Waals surface area contributed by atoms with Crippen LogP contribution in [0.25, 0.3) is 10.9 Å². The minimum atomic E-state index is -2.68. The van der Waals surface area contributed by atoms with Crippen LogP contribution >= 0.6 is 31.2 Å². The first-order valence-electron chi connectivity index (χ1n) is 4.17. The second-order valence-electron chi connectivity index (χ2n) is 3.11. The Hall–Kier alpha value is -0.930. The summed E-state index contributed by atoms with van der Waals surface area (Å²) in [6, 6.07) is 4.35. The van der Waals surface area contributed by atoms with Crippen molar-refractivity contribution in [3.63, 3.8) is 0 Å². The van der Waals surface area contributed by atoms with E-state index < -0.39 is 13.6 Å². The molecule has 0 aliphatic rings. The van der Waals surface area contributed by atoms with E-state index in [4.69, 9.17) is 28.1 Å². The molecule has 1 heterocycles. The predicted octanol–water partition coefficient (Wildman–Crippen LogP) is 2.19. The largest absolute Gasteiger partial charge is 0.552 e. The highest BCUT2D eigenvalue weighted by Crippen LogP contribution is 2.26. The van der Waals surface area contributed by atoms with Crippen molar-refractivity contribution in [3.05, 3.63) is 38.6 Å². The molecular weight excluding hydrogens is 272 g/mol. The third-order valence-electron chi connectivity index (χ3n) is 2.07. The zero-order chi connectivity index (χ0) is 11.9. The SMILES string of the molecule is O=c1[nH]c2cc(Cl)c(Cl)cc2cc1[P+](=O)O. The van der Waals surface area contributed by atoms with Gasteiger partial charge in [0.2, 0.25) is 0 Å². The van der Waals surface area contributed by atoms with Crippen LogP contribution in [-0.2, 0) is 4.57 Å². The standard InChI is InChI=1S/C9H4Cl2NO3P/c10-5-1-4-2-8(16(14)15)9(13)12-7(4)3-6(5)11/h1-3H,(H-,12,13,14,15)/p+1. The molecule has 0 fully saturated rings. The average Bonchev–Trinajstić information content (AvgIpc) is 2.19. The van der Waals surface area contributed by atoms with Gasteiger partial charge in [0.25, 0.3) is 5.30 Å². The van der Waals surface area contributed by atoms with E-state index in [1.807, 2.05) is 0 Å². The fourth-order valence-electron chi connectivity index (χ4n) is 1.33. The number of benzene rings is 1. The summed E-state index contributed by atoms with van der Waals surface area (Å²) in [6.45, 7) is 0. The summed E-state index contributed by atoms with van der Waals surface area (Å²) >= 11 is 11.6. The molecule has 0 saturated heterocycles. The zero-order valence-corrected chi connectivity index (χ0v) is 10.1. The van der Waals surface area contributed by atoms with E-state index in [0.717, 1.165) is 0 Å². The molecule has 7 heteroatoms. The first kappa shape index (κ1) is 11.6. The van der Waals surface area contributed by atoms with Crippen LogP contribution in [0.1, 0.15) is 0 Å². The second kappa shape index (κ2) is 4.15. The monoisotopic (exact) mass is 276 g/mol. The average molecular weight is 277 g/mol. The molecule has 0 aliphatic carbocycles. The van der Waals surface area contributed by atoms with E-state index in [-0.39, 0.29) is 5.30 Å². The number of rotatable bonds is 1. The van der Waals surface area contributed by atoms with Crippen LogP contribution in [0, 0.1) is 0 Å². The van der Waals surface area contributed by atoms with E-state index in [9.17, 15) is 9.36 Å². The van der Waals surface area contributed by atoms with E-state index in [1.165, 1.54) is 18.2 Å². The molecule has 1 unspecified atom stereocenters. The van der Waals surface area contributed by atoms with Crippen molar-refractivity contribution in [1.82, 2.24) is 4.98 Å². The number of nitrogens with one attached hydrogen (secondary N) is 1. The van der Waals surface area contributed by atoms with Crippen LogP contribution in [0.5, 0.6) is 0 Å². The number of pyridine rings is 1. The van der Waals surface area contributed by atoms with Crippen molar-refractivity contribution in [2.24, 2.45) is 0 Å². The van der Waals surface area contributed by atoms with Gasteiger partial charge in [-0.25, -0.2) is 0 Å². The number of hydrogen-bond donors (Lipinski definition) is 2. The Labute approximate surface area is 101 Å². The Morgan fingerprint density at radius 3 is 2.44 bits per heavy atom. The summed E-state index contributed by atoms with van der Waals surface area (Å²) in [7, 11) is -2.68. The summed E-state index contributed by atoms with van der Waals surface area (Å²) in [5, 5.41) is 1.01. The highest BCUT2D eigenvalue weighted by Gasteiger charge is 2.22. The highest BCUT2D eigenvalue weighted by molar-refractivity contribution is 7.47. The van der Waals surface area contributed by atoms with Crippen LogP contribution in [0.15, 0.2) is 23.0 Å². The molecule has 1 atom stereocenters. The fourth-order valence-corrected chi connectivity index (χ4v) is 2.15. The van der Waals surface area contributed by atoms with Crippen molar-refractivity contribution in [2.45, 2.75) is 0 Å². The molecule has 0 spiro atoms. The van der Waals surface area contributed by atoms with E-state index in [0.29, 0.717) is 20.9 Å². The van der Waals surface area contributed by atoms with Gasteiger partial charge in [0.15, 0.2) is 0 Å². The molecular formula is C9H5Cl2NO3P+. The van der Waals surface area contributed by atoms with Gasteiger partial charge in [0, 0.05) is 11.5 Å². The van der Waals surface area contributed by atoms with Gasteiger partial charge in [-0.1, -0.05) is 23.2 Å². The van der Waals surface area contributed by atoms with Crippen LogP contribution in [0.3, 0.4) is 0 Å². The Kier molecular flexibility index (Phi) is 3.00. The molecule has 2 aromatic rings. The maximum absolute atomic E-state index is 11.4. The molecule has 2 rings (SSSR count). The summed E-state index contributed by atoms with van der Waals surface area (Å²) in [4.78, 5) is 22.8. The molecule has 16 heavy (non-hydrogen) atoms. The maximum Gasteiger partial charge on any atom is 0.552 e. The third-order valence-corrected chi connectivity index (χ3v) is 3.54. The van der Waals surface area contributed by atoms with Gasteiger partial charge in [0.05, 0.1) is 15.6 Å². The molecule has 2 N–H and O–H groups in total. The quantitative estimate of drug-likeness (QED) is 0.785. The van der Waals surface area contributed by atoms with Crippen LogP contribution in [0.4, 0.5) is 0 Å². The van der Waals surface area contributed by atoms with Crippen molar-refractivity contribution < 1.29 is 9.46 Å². The number of H-pyrrole nitrogens is 1. The molecule has 0 aliphatic heterocycles. The van der Waals surface area contributed by atoms with Gasteiger partial charge in [-0.15, -0.1) is 0 Å². The summed E-state index contributed by atoms with van der Waals surface area (Å²) in [6.07, 6.45) is 0. The van der Waals surface area contributed by atoms with Crippen molar-refractivity contribution >= 4 is 47.4 Å². The smallest absolute Gasteiger partial charge is 0.318 e. The van der Waals surface area contributed by atoms with Crippen molar-refractivity contribution in [2.75, 3.05) is 0 Å². The van der Waals surface area contributed by atoms with Gasteiger partial charge < -0.3 is 4.98 Å². The Balaban J connectivity index is 2.85. The van der Waals surface area contributed by atoms with E-state index in [2.05, 4.69) is 4.98 Å². The molecule has 0 saturated carbocycles. The molecule has 0 bridgehead atoms. The minimum absolute atomic E-state index is 0.180. The lowest BCUT2D eigenvalue weighted by atomic mass is 10.2. The van der Waals surface area contributed by atoms with Gasteiger partial charge >= 0.3 is 13.6 Å². The Morgan fingerprint density at radius 1 is 1.19 bits per heavy atom. The normalized spacial score (nSPS) is 11.8. The third kappa shape index (κ3) is 1.97. The van der Waals surface area contributed by atoms with Crippen LogP contribution in [-0.4, -0.2) is 9.88 Å². The first-order chi connectivity index (χ1) is 7.49. The number of aromatic amines is 1. The van der Waals surface area contributed by atoms with Crippen LogP contribution < -0.4 is 10.9 Å². The Morgan fingerprint density at radius 2 is 1.81 bits per heavy atom. The Bertz CT molecular complexity index is 653.